The Morgan fingerprint density at radius 1 is 1.14 bits per heavy atom. The van der Waals surface area contributed by atoms with Crippen LogP contribution in [0.2, 0.25) is 0 Å². The van der Waals surface area contributed by atoms with Gasteiger partial charge in [0.05, 0.1) is 23.9 Å². The Morgan fingerprint density at radius 2 is 1.82 bits per heavy atom. The van der Waals surface area contributed by atoms with Gasteiger partial charge in [-0.15, -0.1) is 0 Å². The van der Waals surface area contributed by atoms with Crippen molar-refractivity contribution < 1.29 is 14.3 Å². The summed E-state index contributed by atoms with van der Waals surface area (Å²) in [4.78, 5) is 25.7. The highest BCUT2D eigenvalue weighted by molar-refractivity contribution is 6.02. The largest absolute Gasteiger partial charge is 0.465 e. The van der Waals surface area contributed by atoms with E-state index in [1.54, 1.807) is 18.2 Å². The maximum atomic E-state index is 12.2. The summed E-state index contributed by atoms with van der Waals surface area (Å²) in [5.41, 5.74) is 2.93. The number of para-hydroxylation sites is 1. The van der Waals surface area contributed by atoms with Crippen LogP contribution in [0.4, 0.5) is 5.69 Å². The molecule has 1 heterocycles. The van der Waals surface area contributed by atoms with E-state index < -0.39 is 0 Å². The number of ether oxygens (including phenoxy) is 1. The minimum absolute atomic E-state index is 0.101. The predicted octanol–water partition coefficient (Wildman–Crippen LogP) is 2.35. The average Bonchev–Trinajstić information content (AvgIpc) is 2.57. The number of anilines is 1. The second kappa shape index (κ2) is 5.52. The van der Waals surface area contributed by atoms with Crippen molar-refractivity contribution >= 4 is 17.6 Å². The summed E-state index contributed by atoms with van der Waals surface area (Å²) in [5.74, 6) is -0.478. The van der Waals surface area contributed by atoms with E-state index in [1.807, 2.05) is 42.3 Å². The van der Waals surface area contributed by atoms with Gasteiger partial charge >= 0.3 is 5.97 Å². The van der Waals surface area contributed by atoms with Gasteiger partial charge in [0.2, 0.25) is 0 Å². The molecule has 0 saturated carbocycles. The van der Waals surface area contributed by atoms with Crippen LogP contribution in [0, 0.1) is 0 Å². The topological polar surface area (TPSA) is 58.6 Å². The highest BCUT2D eigenvalue weighted by Gasteiger charge is 2.29. The summed E-state index contributed by atoms with van der Waals surface area (Å²) in [6.45, 7) is 0. The molecule has 5 heteroatoms. The maximum absolute atomic E-state index is 12.2. The minimum Gasteiger partial charge on any atom is -0.465 e. The fraction of sp³-hybridized carbons (Fsp3) is 0.176. The third-order valence-corrected chi connectivity index (χ3v) is 3.83. The second-order valence-electron chi connectivity index (χ2n) is 5.12. The van der Waals surface area contributed by atoms with Gasteiger partial charge in [-0.25, -0.2) is 4.79 Å². The van der Waals surface area contributed by atoms with Crippen LogP contribution >= 0.6 is 0 Å². The molecule has 0 spiro atoms. The third-order valence-electron chi connectivity index (χ3n) is 3.83. The average molecular weight is 296 g/mol. The lowest BCUT2D eigenvalue weighted by atomic mass is 10.0. The van der Waals surface area contributed by atoms with Crippen LogP contribution in [-0.4, -0.2) is 26.0 Å². The molecular weight excluding hydrogens is 280 g/mol. The van der Waals surface area contributed by atoms with Gasteiger partial charge < -0.3 is 15.0 Å². The zero-order valence-corrected chi connectivity index (χ0v) is 12.4. The molecule has 5 nitrogen and oxygen atoms in total. The van der Waals surface area contributed by atoms with Crippen LogP contribution in [0.1, 0.15) is 32.4 Å². The highest BCUT2D eigenvalue weighted by Crippen LogP contribution is 2.31. The molecule has 0 unspecified atom stereocenters. The third kappa shape index (κ3) is 2.30. The number of benzene rings is 2. The Morgan fingerprint density at radius 3 is 2.50 bits per heavy atom. The van der Waals surface area contributed by atoms with E-state index in [4.69, 9.17) is 0 Å². The summed E-state index contributed by atoms with van der Waals surface area (Å²) in [6.07, 6.45) is -0.269. The monoisotopic (exact) mass is 296 g/mol. The zero-order valence-electron chi connectivity index (χ0n) is 12.4. The van der Waals surface area contributed by atoms with Crippen LogP contribution in [0.3, 0.4) is 0 Å². The van der Waals surface area contributed by atoms with Gasteiger partial charge in [0.1, 0.15) is 6.17 Å². The number of nitrogens with zero attached hydrogens (tertiary/aromatic N) is 1. The van der Waals surface area contributed by atoms with E-state index in [0.29, 0.717) is 11.1 Å². The van der Waals surface area contributed by atoms with Crippen LogP contribution in [0.5, 0.6) is 0 Å². The molecular formula is C17H16N2O3. The van der Waals surface area contributed by atoms with Gasteiger partial charge in [0.25, 0.3) is 5.91 Å². The molecule has 0 aromatic heterocycles. The second-order valence-corrected chi connectivity index (χ2v) is 5.12. The molecule has 112 valence electrons. The number of methoxy groups -OCH3 is 1. The van der Waals surface area contributed by atoms with Crippen molar-refractivity contribution in [2.24, 2.45) is 0 Å². The number of carbonyl (C=O) groups is 2. The van der Waals surface area contributed by atoms with Crippen molar-refractivity contribution in [1.82, 2.24) is 5.32 Å². The quantitative estimate of drug-likeness (QED) is 0.864. The summed E-state index contributed by atoms with van der Waals surface area (Å²) < 4.78 is 4.69. The van der Waals surface area contributed by atoms with Gasteiger partial charge in [0.15, 0.2) is 0 Å². The fourth-order valence-corrected chi connectivity index (χ4v) is 2.64. The molecule has 1 aliphatic heterocycles. The normalized spacial score (nSPS) is 16.7. The van der Waals surface area contributed by atoms with Gasteiger partial charge in [-0.1, -0.05) is 24.3 Å². The molecule has 0 radical (unpaired) electrons. The SMILES string of the molecule is COC(=O)c1ccc([C@H]2NC(=O)c3ccccc3N2C)cc1. The number of hydrogen-bond donors (Lipinski definition) is 1. The fourth-order valence-electron chi connectivity index (χ4n) is 2.64. The van der Waals surface area contributed by atoms with E-state index >= 15 is 0 Å². The van der Waals surface area contributed by atoms with Crippen molar-refractivity contribution in [1.29, 1.82) is 0 Å². The molecule has 0 fully saturated rings. The summed E-state index contributed by atoms with van der Waals surface area (Å²) in [6, 6.07) is 14.5. The van der Waals surface area contributed by atoms with Gasteiger partial charge in [-0.2, -0.15) is 0 Å². The smallest absolute Gasteiger partial charge is 0.337 e. The first-order valence-corrected chi connectivity index (χ1v) is 6.93. The van der Waals surface area contributed by atoms with Crippen molar-refractivity contribution in [3.8, 4) is 0 Å². The lowest BCUT2D eigenvalue weighted by Crippen LogP contribution is -2.44. The summed E-state index contributed by atoms with van der Waals surface area (Å²) in [5, 5.41) is 2.97. The van der Waals surface area contributed by atoms with E-state index in [0.717, 1.165) is 11.3 Å². The van der Waals surface area contributed by atoms with Crippen molar-refractivity contribution in [3.63, 3.8) is 0 Å². The highest BCUT2D eigenvalue weighted by atomic mass is 16.5. The number of carbonyl (C=O) groups excluding carboxylic acids is 2. The zero-order chi connectivity index (χ0) is 15.7. The number of amides is 1. The standard InChI is InChI=1S/C17H16N2O3/c1-19-14-6-4-3-5-13(14)16(20)18-15(19)11-7-9-12(10-8-11)17(21)22-2/h3-10,15H,1-2H3,(H,18,20)/t15-/m0/s1. The molecule has 1 amide bonds. The first-order valence-electron chi connectivity index (χ1n) is 6.93. The van der Waals surface area contributed by atoms with Crippen LogP contribution < -0.4 is 10.2 Å². The Bertz CT molecular complexity index is 725. The number of rotatable bonds is 2. The summed E-state index contributed by atoms with van der Waals surface area (Å²) in [7, 11) is 3.28. The van der Waals surface area contributed by atoms with Crippen molar-refractivity contribution in [2.75, 3.05) is 19.1 Å². The van der Waals surface area contributed by atoms with Gasteiger partial charge in [-0.05, 0) is 29.8 Å². The lowest BCUT2D eigenvalue weighted by molar-refractivity contribution is 0.0600. The van der Waals surface area contributed by atoms with E-state index in [2.05, 4.69) is 10.1 Å². The predicted molar refractivity (Wildman–Crippen MR) is 82.8 cm³/mol. The molecule has 3 rings (SSSR count). The van der Waals surface area contributed by atoms with Crippen molar-refractivity contribution in [2.45, 2.75) is 6.17 Å². The van der Waals surface area contributed by atoms with Crippen LogP contribution in [0.15, 0.2) is 48.5 Å². The number of esters is 1. The molecule has 0 aliphatic carbocycles. The van der Waals surface area contributed by atoms with Crippen LogP contribution in [-0.2, 0) is 4.74 Å². The van der Waals surface area contributed by atoms with Crippen LogP contribution in [0.25, 0.3) is 0 Å². The van der Waals surface area contributed by atoms with E-state index in [1.165, 1.54) is 7.11 Å². The molecule has 2 aromatic carbocycles. The first-order chi connectivity index (χ1) is 10.6. The van der Waals surface area contributed by atoms with Crippen molar-refractivity contribution in [3.05, 3.63) is 65.2 Å². The summed E-state index contributed by atoms with van der Waals surface area (Å²) >= 11 is 0. The Kier molecular flexibility index (Phi) is 3.55. The number of fused-ring (bicyclic) bond motifs is 1. The van der Waals surface area contributed by atoms with E-state index in [9.17, 15) is 9.59 Å². The van der Waals surface area contributed by atoms with E-state index in [-0.39, 0.29) is 18.0 Å². The molecule has 2 aromatic rings. The first kappa shape index (κ1) is 14.1. The Balaban J connectivity index is 1.93. The number of hydrogen-bond acceptors (Lipinski definition) is 4. The molecule has 22 heavy (non-hydrogen) atoms. The number of nitrogens with one attached hydrogen (secondary N) is 1. The van der Waals surface area contributed by atoms with Gasteiger partial charge in [0, 0.05) is 7.05 Å². The molecule has 1 N–H and O–H groups in total. The molecule has 0 saturated heterocycles. The molecule has 1 atom stereocenters. The minimum atomic E-state index is -0.377. The van der Waals surface area contributed by atoms with Gasteiger partial charge in [-0.3, -0.25) is 4.79 Å². The lowest BCUT2D eigenvalue weighted by Gasteiger charge is -2.36. The molecule has 0 bridgehead atoms. The Labute approximate surface area is 128 Å². The molecule has 1 aliphatic rings. The Hall–Kier alpha value is -2.82. The maximum Gasteiger partial charge on any atom is 0.337 e.